The molecule has 1 atom stereocenters. The standard InChI is InChI=1S/C17H24N2OS/c1-6-20-13-9-7-12(8-10-13)15(18-5)16-19-14(11-21-16)17(2,3)4/h7-11,15,18H,6H2,1-5H3. The first kappa shape index (κ1) is 16.0. The van der Waals surface area contributed by atoms with E-state index < -0.39 is 0 Å². The fourth-order valence-corrected chi connectivity index (χ4v) is 3.30. The van der Waals surface area contributed by atoms with Gasteiger partial charge in [0.15, 0.2) is 0 Å². The van der Waals surface area contributed by atoms with Gasteiger partial charge in [-0.1, -0.05) is 32.9 Å². The summed E-state index contributed by atoms with van der Waals surface area (Å²) < 4.78 is 5.50. The summed E-state index contributed by atoms with van der Waals surface area (Å²) in [5.74, 6) is 0.908. The maximum Gasteiger partial charge on any atom is 0.119 e. The van der Waals surface area contributed by atoms with Gasteiger partial charge in [0.25, 0.3) is 0 Å². The van der Waals surface area contributed by atoms with E-state index in [0.717, 1.165) is 16.5 Å². The predicted octanol–water partition coefficient (Wildman–Crippen LogP) is 4.15. The van der Waals surface area contributed by atoms with Crippen LogP contribution in [-0.4, -0.2) is 18.6 Å². The Bertz CT molecular complexity index is 569. The van der Waals surface area contributed by atoms with Crippen molar-refractivity contribution in [2.75, 3.05) is 13.7 Å². The Morgan fingerprint density at radius 1 is 1.24 bits per heavy atom. The summed E-state index contributed by atoms with van der Waals surface area (Å²) in [4.78, 5) is 4.81. The lowest BCUT2D eigenvalue weighted by Gasteiger charge is -2.16. The van der Waals surface area contributed by atoms with Gasteiger partial charge >= 0.3 is 0 Å². The molecule has 21 heavy (non-hydrogen) atoms. The molecule has 1 unspecified atom stereocenters. The van der Waals surface area contributed by atoms with Crippen LogP contribution in [0, 0.1) is 0 Å². The molecule has 4 heteroatoms. The molecule has 0 aliphatic heterocycles. The van der Waals surface area contributed by atoms with E-state index in [1.54, 1.807) is 11.3 Å². The highest BCUT2D eigenvalue weighted by Gasteiger charge is 2.21. The van der Waals surface area contributed by atoms with Crippen molar-refractivity contribution in [2.24, 2.45) is 0 Å². The lowest BCUT2D eigenvalue weighted by molar-refractivity contribution is 0.340. The maximum absolute atomic E-state index is 5.50. The van der Waals surface area contributed by atoms with Crippen LogP contribution in [0.3, 0.4) is 0 Å². The van der Waals surface area contributed by atoms with E-state index in [0.29, 0.717) is 6.61 Å². The average molecular weight is 304 g/mol. The lowest BCUT2D eigenvalue weighted by Crippen LogP contribution is -2.18. The Morgan fingerprint density at radius 2 is 1.90 bits per heavy atom. The molecule has 0 amide bonds. The van der Waals surface area contributed by atoms with Crippen LogP contribution in [-0.2, 0) is 5.41 Å². The first-order valence-electron chi connectivity index (χ1n) is 7.31. The summed E-state index contributed by atoms with van der Waals surface area (Å²) in [6.07, 6.45) is 0. The minimum Gasteiger partial charge on any atom is -0.494 e. The molecule has 0 aliphatic carbocycles. The van der Waals surface area contributed by atoms with Crippen molar-refractivity contribution in [1.82, 2.24) is 10.3 Å². The Balaban J connectivity index is 2.24. The van der Waals surface area contributed by atoms with Crippen molar-refractivity contribution >= 4 is 11.3 Å². The van der Waals surface area contributed by atoms with E-state index in [9.17, 15) is 0 Å². The van der Waals surface area contributed by atoms with Crippen molar-refractivity contribution in [2.45, 2.75) is 39.2 Å². The van der Waals surface area contributed by atoms with Gasteiger partial charge in [0, 0.05) is 10.8 Å². The molecule has 1 aromatic heterocycles. The van der Waals surface area contributed by atoms with Crippen LogP contribution < -0.4 is 10.1 Å². The number of aromatic nitrogens is 1. The van der Waals surface area contributed by atoms with Crippen molar-refractivity contribution in [1.29, 1.82) is 0 Å². The van der Waals surface area contributed by atoms with Gasteiger partial charge < -0.3 is 10.1 Å². The number of hydrogen-bond acceptors (Lipinski definition) is 4. The minimum atomic E-state index is 0.0892. The highest BCUT2D eigenvalue weighted by molar-refractivity contribution is 7.09. The number of rotatable bonds is 5. The zero-order chi connectivity index (χ0) is 15.5. The molecular weight excluding hydrogens is 280 g/mol. The summed E-state index contributed by atoms with van der Waals surface area (Å²) in [5.41, 5.74) is 2.44. The van der Waals surface area contributed by atoms with E-state index >= 15 is 0 Å². The second-order valence-corrected chi connectivity index (χ2v) is 6.93. The fraction of sp³-hybridized carbons (Fsp3) is 0.471. The van der Waals surface area contributed by atoms with E-state index in [4.69, 9.17) is 9.72 Å². The third-order valence-electron chi connectivity index (χ3n) is 3.35. The largest absolute Gasteiger partial charge is 0.494 e. The zero-order valence-corrected chi connectivity index (χ0v) is 14.3. The van der Waals surface area contributed by atoms with Crippen LogP contribution in [0.2, 0.25) is 0 Å². The van der Waals surface area contributed by atoms with Gasteiger partial charge in [-0.3, -0.25) is 0 Å². The van der Waals surface area contributed by atoms with E-state index in [1.165, 1.54) is 5.56 Å². The molecule has 3 nitrogen and oxygen atoms in total. The van der Waals surface area contributed by atoms with Gasteiger partial charge in [-0.15, -0.1) is 11.3 Å². The minimum absolute atomic E-state index is 0.0892. The molecule has 2 rings (SSSR count). The second kappa shape index (κ2) is 6.58. The number of thiazole rings is 1. The molecule has 0 bridgehead atoms. The van der Waals surface area contributed by atoms with E-state index in [-0.39, 0.29) is 11.5 Å². The summed E-state index contributed by atoms with van der Waals surface area (Å²) in [5, 5.41) is 6.62. The monoisotopic (exact) mass is 304 g/mol. The summed E-state index contributed by atoms with van der Waals surface area (Å²) in [7, 11) is 1.97. The lowest BCUT2D eigenvalue weighted by atomic mass is 9.93. The second-order valence-electron chi connectivity index (χ2n) is 6.04. The van der Waals surface area contributed by atoms with Crippen molar-refractivity contribution in [3.63, 3.8) is 0 Å². The third kappa shape index (κ3) is 3.83. The van der Waals surface area contributed by atoms with Gasteiger partial charge in [-0.2, -0.15) is 0 Å². The molecule has 1 heterocycles. The molecule has 1 N–H and O–H groups in total. The van der Waals surface area contributed by atoms with Crippen LogP contribution in [0.25, 0.3) is 0 Å². The molecule has 0 aliphatic rings. The van der Waals surface area contributed by atoms with Crippen molar-refractivity contribution in [3.05, 3.63) is 45.9 Å². The number of nitrogens with one attached hydrogen (secondary N) is 1. The maximum atomic E-state index is 5.50. The average Bonchev–Trinajstić information content (AvgIpc) is 2.91. The van der Waals surface area contributed by atoms with E-state index in [2.05, 4.69) is 43.6 Å². The van der Waals surface area contributed by atoms with Gasteiger partial charge in [0.2, 0.25) is 0 Å². The van der Waals surface area contributed by atoms with Crippen LogP contribution >= 0.6 is 11.3 Å². The van der Waals surface area contributed by atoms with Crippen LogP contribution in [0.5, 0.6) is 5.75 Å². The SMILES string of the molecule is CCOc1ccc(C(NC)c2nc(C(C)(C)C)cs2)cc1. The number of hydrogen-bond donors (Lipinski definition) is 1. The summed E-state index contributed by atoms with van der Waals surface area (Å²) in [6, 6.07) is 8.36. The molecule has 0 radical (unpaired) electrons. The zero-order valence-electron chi connectivity index (χ0n) is 13.4. The van der Waals surface area contributed by atoms with Crippen molar-refractivity contribution < 1.29 is 4.74 Å². The van der Waals surface area contributed by atoms with Gasteiger partial charge in [-0.25, -0.2) is 4.98 Å². The Labute approximate surface area is 131 Å². The molecule has 1 aromatic carbocycles. The molecular formula is C17H24N2OS. The van der Waals surface area contributed by atoms with Gasteiger partial charge in [-0.05, 0) is 31.7 Å². The molecule has 0 saturated heterocycles. The molecule has 2 aromatic rings. The predicted molar refractivity (Wildman–Crippen MR) is 89.3 cm³/mol. The quantitative estimate of drug-likeness (QED) is 0.901. The fourth-order valence-electron chi connectivity index (χ4n) is 2.12. The highest BCUT2D eigenvalue weighted by atomic mass is 32.1. The summed E-state index contributed by atoms with van der Waals surface area (Å²) in [6.45, 7) is 9.26. The molecule has 0 spiro atoms. The van der Waals surface area contributed by atoms with Gasteiger partial charge in [0.05, 0.1) is 18.3 Å². The number of nitrogens with zero attached hydrogens (tertiary/aromatic N) is 1. The van der Waals surface area contributed by atoms with E-state index in [1.807, 2.05) is 26.1 Å². The topological polar surface area (TPSA) is 34.1 Å². The molecule has 114 valence electrons. The first-order valence-corrected chi connectivity index (χ1v) is 8.19. The normalized spacial score (nSPS) is 13.2. The van der Waals surface area contributed by atoms with Crippen molar-refractivity contribution in [3.8, 4) is 5.75 Å². The smallest absolute Gasteiger partial charge is 0.119 e. The highest BCUT2D eigenvalue weighted by Crippen LogP contribution is 2.30. The third-order valence-corrected chi connectivity index (χ3v) is 4.26. The first-order chi connectivity index (χ1) is 9.95. The number of ether oxygens (including phenoxy) is 1. The molecule has 0 fully saturated rings. The Kier molecular flexibility index (Phi) is 5.01. The Hall–Kier alpha value is -1.39. The van der Waals surface area contributed by atoms with Crippen LogP contribution in [0.1, 0.15) is 50.0 Å². The van der Waals surface area contributed by atoms with Crippen LogP contribution in [0.4, 0.5) is 0 Å². The van der Waals surface area contributed by atoms with Crippen LogP contribution in [0.15, 0.2) is 29.6 Å². The van der Waals surface area contributed by atoms with Gasteiger partial charge in [0.1, 0.15) is 10.8 Å². The number of benzene rings is 1. The molecule has 0 saturated carbocycles. The Morgan fingerprint density at radius 3 is 2.38 bits per heavy atom. The summed E-state index contributed by atoms with van der Waals surface area (Å²) >= 11 is 1.71.